The summed E-state index contributed by atoms with van der Waals surface area (Å²) in [4.78, 5) is 4.13. The standard InChI is InChI=1S/C14H16F3N3/c1-3-7-20-8-6-18-13(20)19-12-9-11(14(15,16)17)5-4-10(12)2/h4-6,8-9H,3,7H2,1-2H3,(H,18,19). The van der Waals surface area contributed by atoms with E-state index in [9.17, 15) is 13.2 Å². The molecule has 0 unspecified atom stereocenters. The van der Waals surface area contributed by atoms with Gasteiger partial charge in [0.05, 0.1) is 5.56 Å². The second kappa shape index (κ2) is 5.56. The highest BCUT2D eigenvalue weighted by molar-refractivity contribution is 5.60. The van der Waals surface area contributed by atoms with Crippen LogP contribution in [-0.2, 0) is 12.7 Å². The van der Waals surface area contributed by atoms with Crippen molar-refractivity contribution in [3.63, 3.8) is 0 Å². The number of imidazole rings is 1. The van der Waals surface area contributed by atoms with E-state index in [1.807, 2.05) is 11.5 Å². The third-order valence-corrected chi connectivity index (χ3v) is 2.99. The second-order valence-corrected chi connectivity index (χ2v) is 4.60. The van der Waals surface area contributed by atoms with Crippen LogP contribution in [-0.4, -0.2) is 9.55 Å². The molecule has 108 valence electrons. The van der Waals surface area contributed by atoms with Crippen LogP contribution >= 0.6 is 0 Å². The van der Waals surface area contributed by atoms with Crippen molar-refractivity contribution in [2.24, 2.45) is 0 Å². The molecule has 0 radical (unpaired) electrons. The van der Waals surface area contributed by atoms with Crippen LogP contribution in [0.5, 0.6) is 0 Å². The first kappa shape index (κ1) is 14.4. The quantitative estimate of drug-likeness (QED) is 0.903. The minimum absolute atomic E-state index is 0.420. The Morgan fingerprint density at radius 3 is 2.70 bits per heavy atom. The van der Waals surface area contributed by atoms with Gasteiger partial charge in [-0.25, -0.2) is 4.98 Å². The third kappa shape index (κ3) is 3.12. The van der Waals surface area contributed by atoms with Crippen molar-refractivity contribution in [3.8, 4) is 0 Å². The topological polar surface area (TPSA) is 29.9 Å². The smallest absolute Gasteiger partial charge is 0.325 e. The first-order chi connectivity index (χ1) is 9.41. The number of aryl methyl sites for hydroxylation is 2. The van der Waals surface area contributed by atoms with E-state index in [4.69, 9.17) is 0 Å². The van der Waals surface area contributed by atoms with Crippen LogP contribution in [0.4, 0.5) is 24.8 Å². The van der Waals surface area contributed by atoms with E-state index in [0.717, 1.165) is 30.7 Å². The van der Waals surface area contributed by atoms with Crippen LogP contribution in [0.1, 0.15) is 24.5 Å². The van der Waals surface area contributed by atoms with Gasteiger partial charge in [-0.3, -0.25) is 0 Å². The lowest BCUT2D eigenvalue weighted by atomic mass is 10.1. The number of hydrogen-bond acceptors (Lipinski definition) is 2. The molecule has 0 aliphatic heterocycles. The minimum atomic E-state index is -4.34. The number of aromatic nitrogens is 2. The molecule has 0 aliphatic rings. The van der Waals surface area contributed by atoms with Crippen molar-refractivity contribution in [2.45, 2.75) is 33.0 Å². The molecule has 6 heteroatoms. The van der Waals surface area contributed by atoms with E-state index in [2.05, 4.69) is 10.3 Å². The third-order valence-electron chi connectivity index (χ3n) is 2.99. The van der Waals surface area contributed by atoms with Crippen LogP contribution in [0, 0.1) is 6.92 Å². The summed E-state index contributed by atoms with van der Waals surface area (Å²) >= 11 is 0. The van der Waals surface area contributed by atoms with Gasteiger partial charge in [0.1, 0.15) is 0 Å². The van der Waals surface area contributed by atoms with Gasteiger partial charge < -0.3 is 9.88 Å². The minimum Gasteiger partial charge on any atom is -0.325 e. The summed E-state index contributed by atoms with van der Waals surface area (Å²) in [5.41, 5.74) is 0.492. The molecule has 0 saturated heterocycles. The monoisotopic (exact) mass is 283 g/mol. The van der Waals surface area contributed by atoms with Crippen molar-refractivity contribution in [3.05, 3.63) is 41.7 Å². The molecule has 0 amide bonds. The molecule has 0 aliphatic carbocycles. The Bertz CT molecular complexity index is 588. The molecule has 1 N–H and O–H groups in total. The normalized spacial score (nSPS) is 11.7. The van der Waals surface area contributed by atoms with Crippen molar-refractivity contribution in [1.29, 1.82) is 0 Å². The highest BCUT2D eigenvalue weighted by Crippen LogP contribution is 2.32. The van der Waals surface area contributed by atoms with E-state index in [1.54, 1.807) is 19.3 Å². The Kier molecular flexibility index (Phi) is 4.01. The average Bonchev–Trinajstić information content (AvgIpc) is 2.79. The van der Waals surface area contributed by atoms with Gasteiger partial charge in [-0.05, 0) is 31.0 Å². The van der Waals surface area contributed by atoms with Gasteiger partial charge in [0, 0.05) is 24.6 Å². The molecular weight excluding hydrogens is 267 g/mol. The van der Waals surface area contributed by atoms with E-state index in [1.165, 1.54) is 6.07 Å². The van der Waals surface area contributed by atoms with Crippen molar-refractivity contribution >= 4 is 11.6 Å². The van der Waals surface area contributed by atoms with Crippen LogP contribution in [0.25, 0.3) is 0 Å². The van der Waals surface area contributed by atoms with Crippen LogP contribution in [0.3, 0.4) is 0 Å². The molecule has 0 fully saturated rings. The predicted molar refractivity (Wildman–Crippen MR) is 72.0 cm³/mol. The first-order valence-corrected chi connectivity index (χ1v) is 6.38. The molecule has 20 heavy (non-hydrogen) atoms. The molecule has 0 spiro atoms. The molecule has 0 atom stereocenters. The van der Waals surface area contributed by atoms with E-state index < -0.39 is 11.7 Å². The fourth-order valence-corrected chi connectivity index (χ4v) is 1.91. The maximum atomic E-state index is 12.7. The maximum Gasteiger partial charge on any atom is 0.416 e. The molecule has 2 rings (SSSR count). The number of anilines is 2. The van der Waals surface area contributed by atoms with Gasteiger partial charge in [0.2, 0.25) is 5.95 Å². The zero-order valence-electron chi connectivity index (χ0n) is 11.3. The van der Waals surface area contributed by atoms with E-state index >= 15 is 0 Å². The summed E-state index contributed by atoms with van der Waals surface area (Å²) in [6.45, 7) is 4.55. The highest BCUT2D eigenvalue weighted by atomic mass is 19.4. The van der Waals surface area contributed by atoms with Crippen molar-refractivity contribution in [1.82, 2.24) is 9.55 Å². The summed E-state index contributed by atoms with van der Waals surface area (Å²) < 4.78 is 40.1. The van der Waals surface area contributed by atoms with Crippen molar-refractivity contribution < 1.29 is 13.2 Å². The molecule has 1 heterocycles. The maximum absolute atomic E-state index is 12.7. The first-order valence-electron chi connectivity index (χ1n) is 6.38. The number of halogens is 3. The summed E-state index contributed by atoms with van der Waals surface area (Å²) in [6, 6.07) is 3.65. The van der Waals surface area contributed by atoms with Gasteiger partial charge >= 0.3 is 6.18 Å². The van der Waals surface area contributed by atoms with Crippen LogP contribution < -0.4 is 5.32 Å². The SMILES string of the molecule is CCCn1ccnc1Nc1cc(C(F)(F)F)ccc1C. The summed E-state index contributed by atoms with van der Waals surface area (Å²) in [6.07, 6.45) is 0.00525. The van der Waals surface area contributed by atoms with Crippen LogP contribution in [0.2, 0.25) is 0 Å². The van der Waals surface area contributed by atoms with Gasteiger partial charge in [0.25, 0.3) is 0 Å². The molecular formula is C14H16F3N3. The molecule has 0 bridgehead atoms. The zero-order chi connectivity index (χ0) is 14.8. The molecule has 3 nitrogen and oxygen atoms in total. The predicted octanol–water partition coefficient (Wildman–Crippen LogP) is 4.36. The van der Waals surface area contributed by atoms with Gasteiger partial charge in [0.15, 0.2) is 0 Å². The fourth-order valence-electron chi connectivity index (χ4n) is 1.91. The number of alkyl halides is 3. The largest absolute Gasteiger partial charge is 0.416 e. The van der Waals surface area contributed by atoms with Gasteiger partial charge in [-0.2, -0.15) is 13.2 Å². The number of hydrogen-bond donors (Lipinski definition) is 1. The summed E-state index contributed by atoms with van der Waals surface area (Å²) in [7, 11) is 0. The average molecular weight is 283 g/mol. The lowest BCUT2D eigenvalue weighted by Gasteiger charge is -2.14. The Labute approximate surface area is 115 Å². The summed E-state index contributed by atoms with van der Waals surface area (Å²) in [5, 5.41) is 2.97. The highest BCUT2D eigenvalue weighted by Gasteiger charge is 2.30. The molecule has 1 aromatic carbocycles. The molecule has 1 aromatic heterocycles. The summed E-state index contributed by atoms with van der Waals surface area (Å²) in [5.74, 6) is 0.550. The van der Waals surface area contributed by atoms with Crippen LogP contribution in [0.15, 0.2) is 30.6 Å². The second-order valence-electron chi connectivity index (χ2n) is 4.60. The number of nitrogens with zero attached hydrogens (tertiary/aromatic N) is 2. The Balaban J connectivity index is 2.31. The lowest BCUT2D eigenvalue weighted by Crippen LogP contribution is -2.08. The fraction of sp³-hybridized carbons (Fsp3) is 0.357. The van der Waals surface area contributed by atoms with Gasteiger partial charge in [-0.1, -0.05) is 13.0 Å². The van der Waals surface area contributed by atoms with E-state index in [0.29, 0.717) is 11.6 Å². The molecule has 2 aromatic rings. The Morgan fingerprint density at radius 1 is 1.30 bits per heavy atom. The number of rotatable bonds is 4. The molecule has 0 saturated carbocycles. The number of nitrogens with one attached hydrogen (secondary N) is 1. The zero-order valence-corrected chi connectivity index (χ0v) is 11.3. The van der Waals surface area contributed by atoms with Crippen molar-refractivity contribution in [2.75, 3.05) is 5.32 Å². The Morgan fingerprint density at radius 2 is 2.05 bits per heavy atom. The van der Waals surface area contributed by atoms with Gasteiger partial charge in [-0.15, -0.1) is 0 Å². The lowest BCUT2D eigenvalue weighted by molar-refractivity contribution is -0.137. The number of benzene rings is 1. The Hall–Kier alpha value is -1.98. The van der Waals surface area contributed by atoms with E-state index in [-0.39, 0.29) is 0 Å².